The van der Waals surface area contributed by atoms with Crippen molar-refractivity contribution >= 4 is 34.1 Å². The van der Waals surface area contributed by atoms with E-state index in [9.17, 15) is 0 Å². The molecule has 2 heteroatoms. The third-order valence-corrected chi connectivity index (χ3v) is 14.6. The minimum Gasteiger partial charge on any atom is -0.310 e. The van der Waals surface area contributed by atoms with Gasteiger partial charge in [-0.1, -0.05) is 190 Å². The summed E-state index contributed by atoms with van der Waals surface area (Å²) < 4.78 is 0. The van der Waals surface area contributed by atoms with Gasteiger partial charge in [0.05, 0.1) is 11.1 Å². The molecule has 0 fully saturated rings. The van der Waals surface area contributed by atoms with Crippen molar-refractivity contribution in [3.05, 3.63) is 276 Å². The van der Waals surface area contributed by atoms with Crippen molar-refractivity contribution < 1.29 is 0 Å². The Balaban J connectivity index is 1.15. The van der Waals surface area contributed by atoms with Gasteiger partial charge in [-0.15, -0.1) is 0 Å². The van der Waals surface area contributed by atoms with E-state index in [1.807, 2.05) is 0 Å². The highest BCUT2D eigenvalue weighted by Crippen LogP contribution is 2.65. The SMILES string of the molecule is CC1(C)c2ccccc2-c2ccc(N(c3ccccc3)c3cc(-c4ccccc4N(c4ccccc4)c4ccccc4)c4c(c3)C3(c5ccccc5-c5ccccc53)c3ccccc3-4)cc21. The largest absolute Gasteiger partial charge is 0.310 e. The summed E-state index contributed by atoms with van der Waals surface area (Å²) >= 11 is 0. The van der Waals surface area contributed by atoms with Gasteiger partial charge in [0.15, 0.2) is 0 Å². The van der Waals surface area contributed by atoms with Gasteiger partial charge in [0.25, 0.3) is 0 Å². The highest BCUT2D eigenvalue weighted by Gasteiger charge is 2.52. The van der Waals surface area contributed by atoms with Crippen LogP contribution in [0.4, 0.5) is 34.1 Å². The molecule has 66 heavy (non-hydrogen) atoms. The van der Waals surface area contributed by atoms with Crippen LogP contribution in [0.2, 0.25) is 0 Å². The van der Waals surface area contributed by atoms with Crippen molar-refractivity contribution in [1.82, 2.24) is 0 Å². The molecule has 10 aromatic carbocycles. The van der Waals surface area contributed by atoms with Gasteiger partial charge in [0, 0.05) is 39.4 Å². The zero-order valence-electron chi connectivity index (χ0n) is 37.0. The summed E-state index contributed by atoms with van der Waals surface area (Å²) in [5.41, 5.74) is 24.1. The summed E-state index contributed by atoms with van der Waals surface area (Å²) in [4.78, 5) is 4.92. The molecule has 3 aliphatic rings. The molecule has 312 valence electrons. The van der Waals surface area contributed by atoms with Crippen LogP contribution < -0.4 is 9.80 Å². The third kappa shape index (κ3) is 5.42. The maximum atomic E-state index is 2.53. The van der Waals surface area contributed by atoms with Crippen molar-refractivity contribution in [2.75, 3.05) is 9.80 Å². The third-order valence-electron chi connectivity index (χ3n) is 14.6. The van der Waals surface area contributed by atoms with Gasteiger partial charge in [-0.05, 0) is 139 Å². The van der Waals surface area contributed by atoms with Crippen LogP contribution in [0.1, 0.15) is 47.2 Å². The Morgan fingerprint density at radius 3 is 1.24 bits per heavy atom. The first kappa shape index (κ1) is 38.3. The number of hydrogen-bond acceptors (Lipinski definition) is 2. The smallest absolute Gasteiger partial charge is 0.0726 e. The molecule has 3 aliphatic carbocycles. The molecule has 0 saturated carbocycles. The predicted octanol–water partition coefficient (Wildman–Crippen LogP) is 16.9. The van der Waals surface area contributed by atoms with Crippen molar-refractivity contribution in [2.24, 2.45) is 0 Å². The maximum Gasteiger partial charge on any atom is 0.0726 e. The van der Waals surface area contributed by atoms with Crippen LogP contribution in [0.25, 0.3) is 44.5 Å². The quantitative estimate of drug-likeness (QED) is 0.158. The minimum atomic E-state index is -0.554. The van der Waals surface area contributed by atoms with Gasteiger partial charge in [0.1, 0.15) is 0 Å². The Labute approximate surface area is 387 Å². The highest BCUT2D eigenvalue weighted by molar-refractivity contribution is 6.04. The van der Waals surface area contributed by atoms with E-state index in [0.29, 0.717) is 0 Å². The number of fused-ring (bicyclic) bond motifs is 13. The standard InChI is InChI=1S/C64H46N2/c1-63(2)55-33-17-12-28-48(55)51-39-38-46(41-59(51)63)65(43-22-6-3-7-23-43)47-40-54(52-31-16-21-37-61(52)66(44-24-8-4-9-25-44)45-26-10-5-11-27-45)62-53-32-15-20-36-58(53)64(60(62)42-47)56-34-18-13-29-49(56)50-30-14-19-35-57(50)64/h3-42H,1-2H3. The van der Waals surface area contributed by atoms with E-state index in [4.69, 9.17) is 0 Å². The molecular formula is C64H46N2. The van der Waals surface area contributed by atoms with Crippen LogP contribution in [0.15, 0.2) is 243 Å². The fourth-order valence-electron chi connectivity index (χ4n) is 11.9. The van der Waals surface area contributed by atoms with E-state index in [-0.39, 0.29) is 5.41 Å². The summed E-state index contributed by atoms with van der Waals surface area (Å²) in [6, 6.07) is 90.1. The lowest BCUT2D eigenvalue weighted by Gasteiger charge is -2.33. The second kappa shape index (κ2) is 14.7. The van der Waals surface area contributed by atoms with Crippen LogP contribution in [0.5, 0.6) is 0 Å². The van der Waals surface area contributed by atoms with E-state index in [0.717, 1.165) is 39.7 Å². The molecule has 0 atom stereocenters. The van der Waals surface area contributed by atoms with E-state index < -0.39 is 5.41 Å². The lowest BCUT2D eigenvalue weighted by molar-refractivity contribution is 0.660. The molecule has 0 saturated heterocycles. The second-order valence-corrected chi connectivity index (χ2v) is 18.4. The van der Waals surface area contributed by atoms with Crippen LogP contribution in [0.3, 0.4) is 0 Å². The number of rotatable bonds is 7. The molecular weight excluding hydrogens is 797 g/mol. The molecule has 0 radical (unpaired) electrons. The first-order chi connectivity index (χ1) is 32.5. The van der Waals surface area contributed by atoms with Crippen molar-refractivity contribution in [1.29, 1.82) is 0 Å². The zero-order valence-corrected chi connectivity index (χ0v) is 37.0. The van der Waals surface area contributed by atoms with Crippen LogP contribution in [0, 0.1) is 0 Å². The summed E-state index contributed by atoms with van der Waals surface area (Å²) in [5.74, 6) is 0. The number of para-hydroxylation sites is 4. The molecule has 0 unspecified atom stereocenters. The molecule has 2 nitrogen and oxygen atoms in total. The minimum absolute atomic E-state index is 0.159. The molecule has 0 heterocycles. The molecule has 10 aromatic rings. The number of nitrogens with zero attached hydrogens (tertiary/aromatic N) is 2. The highest BCUT2D eigenvalue weighted by atomic mass is 15.2. The molecule has 0 amide bonds. The Morgan fingerprint density at radius 1 is 0.258 bits per heavy atom. The van der Waals surface area contributed by atoms with Gasteiger partial charge in [-0.25, -0.2) is 0 Å². The number of benzene rings is 10. The Bertz CT molecular complexity index is 3430. The van der Waals surface area contributed by atoms with Crippen molar-refractivity contribution in [3.8, 4) is 44.5 Å². The summed E-state index contributed by atoms with van der Waals surface area (Å²) in [7, 11) is 0. The van der Waals surface area contributed by atoms with Gasteiger partial charge in [-0.3, -0.25) is 0 Å². The lowest BCUT2D eigenvalue weighted by atomic mass is 9.70. The fraction of sp³-hybridized carbons (Fsp3) is 0.0625. The van der Waals surface area contributed by atoms with E-state index >= 15 is 0 Å². The Hall–Kier alpha value is -8.20. The maximum absolute atomic E-state index is 2.53. The van der Waals surface area contributed by atoms with Crippen molar-refractivity contribution in [2.45, 2.75) is 24.7 Å². The Morgan fingerprint density at radius 2 is 0.667 bits per heavy atom. The molecule has 0 bridgehead atoms. The topological polar surface area (TPSA) is 6.48 Å². The zero-order chi connectivity index (χ0) is 44.0. The number of hydrogen-bond donors (Lipinski definition) is 0. The molecule has 0 aromatic heterocycles. The van der Waals surface area contributed by atoms with Crippen molar-refractivity contribution in [3.63, 3.8) is 0 Å². The molecule has 13 rings (SSSR count). The van der Waals surface area contributed by atoms with Gasteiger partial charge in [-0.2, -0.15) is 0 Å². The number of anilines is 6. The van der Waals surface area contributed by atoms with Crippen LogP contribution in [-0.4, -0.2) is 0 Å². The van der Waals surface area contributed by atoms with Gasteiger partial charge >= 0.3 is 0 Å². The average molecular weight is 843 g/mol. The summed E-state index contributed by atoms with van der Waals surface area (Å²) in [6.07, 6.45) is 0. The first-order valence-electron chi connectivity index (χ1n) is 23.1. The first-order valence-corrected chi connectivity index (χ1v) is 23.1. The second-order valence-electron chi connectivity index (χ2n) is 18.4. The van der Waals surface area contributed by atoms with E-state index in [1.165, 1.54) is 72.3 Å². The van der Waals surface area contributed by atoms with Crippen LogP contribution in [-0.2, 0) is 10.8 Å². The molecule has 0 N–H and O–H groups in total. The van der Waals surface area contributed by atoms with Gasteiger partial charge < -0.3 is 9.80 Å². The molecule has 1 spiro atoms. The van der Waals surface area contributed by atoms with E-state index in [2.05, 4.69) is 266 Å². The normalized spacial score (nSPS) is 13.8. The van der Waals surface area contributed by atoms with Gasteiger partial charge in [0.2, 0.25) is 0 Å². The lowest BCUT2D eigenvalue weighted by Crippen LogP contribution is -2.26. The van der Waals surface area contributed by atoms with Crippen LogP contribution >= 0.6 is 0 Å². The molecule has 0 aliphatic heterocycles. The summed E-state index contributed by atoms with van der Waals surface area (Å²) in [6.45, 7) is 4.75. The average Bonchev–Trinajstić information content (AvgIpc) is 3.93. The fourth-order valence-corrected chi connectivity index (χ4v) is 11.9. The Kier molecular flexibility index (Phi) is 8.51. The van der Waals surface area contributed by atoms with E-state index in [1.54, 1.807) is 0 Å². The monoisotopic (exact) mass is 842 g/mol. The summed E-state index contributed by atoms with van der Waals surface area (Å²) in [5, 5.41) is 0. The predicted molar refractivity (Wildman–Crippen MR) is 275 cm³/mol.